The van der Waals surface area contributed by atoms with E-state index in [1.54, 1.807) is 0 Å². The second kappa shape index (κ2) is 5.23. The van der Waals surface area contributed by atoms with Gasteiger partial charge in [0.25, 0.3) is 0 Å². The largest absolute Gasteiger partial charge is 0.297 e. The van der Waals surface area contributed by atoms with Crippen LogP contribution in [0, 0.1) is 5.92 Å². The van der Waals surface area contributed by atoms with Crippen molar-refractivity contribution in [2.75, 3.05) is 13.1 Å². The molecule has 84 valence electrons. The summed E-state index contributed by atoms with van der Waals surface area (Å²) < 4.78 is 4.59. The van der Waals surface area contributed by atoms with Gasteiger partial charge < -0.3 is 0 Å². The predicted octanol–water partition coefficient (Wildman–Crippen LogP) is 2.81. The van der Waals surface area contributed by atoms with E-state index in [-0.39, 0.29) is 0 Å². The molecule has 0 amide bonds. The Labute approximate surface area is 99.6 Å². The van der Waals surface area contributed by atoms with E-state index < -0.39 is 0 Å². The summed E-state index contributed by atoms with van der Waals surface area (Å²) in [5, 5.41) is 4.05. The SMILES string of the molecule is CCN(Cc1nnsc1Cl)CC1CCC1. The number of aromatic nitrogens is 2. The fraction of sp³-hybridized carbons (Fsp3) is 0.800. The van der Waals surface area contributed by atoms with Crippen molar-refractivity contribution in [2.45, 2.75) is 32.7 Å². The maximum atomic E-state index is 5.99. The molecule has 0 radical (unpaired) electrons. The van der Waals surface area contributed by atoms with Gasteiger partial charge >= 0.3 is 0 Å². The van der Waals surface area contributed by atoms with Gasteiger partial charge in [0.05, 0.1) is 0 Å². The van der Waals surface area contributed by atoms with Crippen molar-refractivity contribution in [3.63, 3.8) is 0 Å². The zero-order valence-corrected chi connectivity index (χ0v) is 10.5. The van der Waals surface area contributed by atoms with Crippen molar-refractivity contribution in [2.24, 2.45) is 5.92 Å². The third kappa shape index (κ3) is 2.89. The van der Waals surface area contributed by atoms with E-state index in [0.29, 0.717) is 0 Å². The molecule has 0 spiro atoms. The first-order valence-electron chi connectivity index (χ1n) is 5.48. The average molecular weight is 246 g/mol. The van der Waals surface area contributed by atoms with Gasteiger partial charge in [-0.1, -0.05) is 29.4 Å². The Kier molecular flexibility index (Phi) is 3.94. The number of nitrogens with zero attached hydrogens (tertiary/aromatic N) is 3. The molecule has 3 nitrogen and oxygen atoms in total. The minimum absolute atomic E-state index is 0.738. The average Bonchev–Trinajstić information content (AvgIpc) is 2.56. The van der Waals surface area contributed by atoms with Crippen molar-refractivity contribution in [3.05, 3.63) is 10.0 Å². The highest BCUT2D eigenvalue weighted by Gasteiger charge is 2.21. The summed E-state index contributed by atoms with van der Waals surface area (Å²) in [6.07, 6.45) is 4.18. The molecule has 0 saturated heterocycles. The van der Waals surface area contributed by atoms with Crippen LogP contribution in [0.3, 0.4) is 0 Å². The fourth-order valence-corrected chi connectivity index (χ4v) is 2.46. The molecule has 1 fully saturated rings. The van der Waals surface area contributed by atoms with E-state index >= 15 is 0 Å². The van der Waals surface area contributed by atoms with Crippen LogP contribution in [0.1, 0.15) is 31.9 Å². The molecule has 0 unspecified atom stereocenters. The number of hydrogen-bond donors (Lipinski definition) is 0. The van der Waals surface area contributed by atoms with E-state index in [0.717, 1.165) is 29.0 Å². The highest BCUT2D eigenvalue weighted by Crippen LogP contribution is 2.28. The van der Waals surface area contributed by atoms with Gasteiger partial charge in [0.2, 0.25) is 0 Å². The van der Waals surface area contributed by atoms with Crippen LogP contribution in [0.15, 0.2) is 0 Å². The molecule has 1 heterocycles. The van der Waals surface area contributed by atoms with Crippen LogP contribution in [0.4, 0.5) is 0 Å². The summed E-state index contributed by atoms with van der Waals surface area (Å²) in [6.45, 7) is 5.28. The predicted molar refractivity (Wildman–Crippen MR) is 63.2 cm³/mol. The molecule has 0 N–H and O–H groups in total. The van der Waals surface area contributed by atoms with Gasteiger partial charge in [0.15, 0.2) is 0 Å². The van der Waals surface area contributed by atoms with Gasteiger partial charge in [-0.25, -0.2) is 0 Å². The normalized spacial score (nSPS) is 17.0. The van der Waals surface area contributed by atoms with E-state index in [4.69, 9.17) is 11.6 Å². The Morgan fingerprint density at radius 3 is 2.80 bits per heavy atom. The molecule has 2 rings (SSSR count). The second-order valence-corrected chi connectivity index (χ2v) is 5.47. The van der Waals surface area contributed by atoms with Crippen molar-refractivity contribution in [1.82, 2.24) is 14.5 Å². The lowest BCUT2D eigenvalue weighted by Crippen LogP contribution is -2.32. The van der Waals surface area contributed by atoms with Crippen molar-refractivity contribution < 1.29 is 0 Å². The van der Waals surface area contributed by atoms with Gasteiger partial charge in [-0.3, -0.25) is 4.90 Å². The smallest absolute Gasteiger partial charge is 0.138 e. The Bertz CT molecular complexity index is 311. The van der Waals surface area contributed by atoms with E-state index in [2.05, 4.69) is 21.4 Å². The van der Waals surface area contributed by atoms with Crippen LogP contribution in [0.2, 0.25) is 4.34 Å². The molecule has 0 aliphatic heterocycles. The van der Waals surface area contributed by atoms with E-state index in [1.807, 2.05) is 0 Å². The third-order valence-electron chi connectivity index (χ3n) is 3.07. The number of hydrogen-bond acceptors (Lipinski definition) is 4. The Balaban J connectivity index is 1.87. The fourth-order valence-electron chi connectivity index (χ4n) is 1.85. The summed E-state index contributed by atoms with van der Waals surface area (Å²) in [5.41, 5.74) is 0.933. The minimum Gasteiger partial charge on any atom is -0.297 e. The molecule has 0 aromatic carbocycles. The Hall–Kier alpha value is -0.190. The second-order valence-electron chi connectivity index (χ2n) is 4.12. The van der Waals surface area contributed by atoms with Gasteiger partial charge in [0.1, 0.15) is 10.0 Å². The van der Waals surface area contributed by atoms with Crippen molar-refractivity contribution in [3.8, 4) is 0 Å². The maximum absolute atomic E-state index is 5.99. The van der Waals surface area contributed by atoms with Gasteiger partial charge in [-0.15, -0.1) is 5.10 Å². The maximum Gasteiger partial charge on any atom is 0.138 e. The van der Waals surface area contributed by atoms with Crippen LogP contribution >= 0.6 is 23.1 Å². The molecule has 1 aromatic rings. The summed E-state index contributed by atoms with van der Waals surface area (Å²) in [6, 6.07) is 0. The summed E-state index contributed by atoms with van der Waals surface area (Å²) in [7, 11) is 0. The van der Waals surface area contributed by atoms with E-state index in [1.165, 1.54) is 37.3 Å². The van der Waals surface area contributed by atoms with Crippen LogP contribution in [-0.4, -0.2) is 27.6 Å². The summed E-state index contributed by atoms with van der Waals surface area (Å²) in [5.74, 6) is 0.898. The zero-order valence-electron chi connectivity index (χ0n) is 8.95. The lowest BCUT2D eigenvalue weighted by Gasteiger charge is -2.31. The zero-order chi connectivity index (χ0) is 10.7. The number of halogens is 1. The lowest BCUT2D eigenvalue weighted by atomic mass is 9.85. The highest BCUT2D eigenvalue weighted by molar-refractivity contribution is 7.10. The molecule has 1 aliphatic carbocycles. The van der Waals surface area contributed by atoms with E-state index in [9.17, 15) is 0 Å². The van der Waals surface area contributed by atoms with Gasteiger partial charge in [0, 0.05) is 24.6 Å². The Morgan fingerprint density at radius 2 is 2.33 bits per heavy atom. The summed E-state index contributed by atoms with van der Waals surface area (Å²) >= 11 is 7.27. The van der Waals surface area contributed by atoms with Crippen LogP contribution in [0.5, 0.6) is 0 Å². The molecule has 1 aliphatic rings. The molecule has 1 aromatic heterocycles. The van der Waals surface area contributed by atoms with Gasteiger partial charge in [-0.2, -0.15) is 0 Å². The molecule has 0 bridgehead atoms. The van der Waals surface area contributed by atoms with Crippen LogP contribution < -0.4 is 0 Å². The van der Waals surface area contributed by atoms with Crippen molar-refractivity contribution >= 4 is 23.1 Å². The molecular weight excluding hydrogens is 230 g/mol. The van der Waals surface area contributed by atoms with Crippen LogP contribution in [-0.2, 0) is 6.54 Å². The first-order valence-corrected chi connectivity index (χ1v) is 6.63. The standard InChI is InChI=1S/C10H16ClN3S/c1-2-14(6-8-4-3-5-8)7-9-10(11)15-13-12-9/h8H,2-7H2,1H3. The minimum atomic E-state index is 0.738. The monoisotopic (exact) mass is 245 g/mol. The molecule has 15 heavy (non-hydrogen) atoms. The topological polar surface area (TPSA) is 29.0 Å². The number of rotatable bonds is 5. The molecule has 1 saturated carbocycles. The Morgan fingerprint density at radius 1 is 1.53 bits per heavy atom. The van der Waals surface area contributed by atoms with Gasteiger partial charge in [-0.05, 0) is 25.3 Å². The molecule has 0 atom stereocenters. The first-order chi connectivity index (χ1) is 7.29. The first kappa shape index (κ1) is 11.3. The third-order valence-corrected chi connectivity index (χ3v) is 4.06. The highest BCUT2D eigenvalue weighted by atomic mass is 35.5. The quantitative estimate of drug-likeness (QED) is 0.799. The molecule has 5 heteroatoms. The summed E-state index contributed by atoms with van der Waals surface area (Å²) in [4.78, 5) is 2.41. The molecular formula is C10H16ClN3S. The van der Waals surface area contributed by atoms with Crippen LogP contribution in [0.25, 0.3) is 0 Å². The lowest BCUT2D eigenvalue weighted by molar-refractivity contribution is 0.177. The van der Waals surface area contributed by atoms with Crippen molar-refractivity contribution in [1.29, 1.82) is 0 Å².